The zero-order chi connectivity index (χ0) is 19.9. The lowest BCUT2D eigenvalue weighted by molar-refractivity contribution is 0.102. The van der Waals surface area contributed by atoms with Crippen LogP contribution >= 0.6 is 11.6 Å². The van der Waals surface area contributed by atoms with Gasteiger partial charge in [-0.3, -0.25) is 9.59 Å². The fourth-order valence-electron chi connectivity index (χ4n) is 2.58. The van der Waals surface area contributed by atoms with Crippen molar-refractivity contribution < 1.29 is 14.3 Å². The number of ether oxygens (including phenoxy) is 1. The molecule has 0 heterocycles. The number of hydrogen-bond donors (Lipinski definition) is 2. The molecule has 0 saturated heterocycles. The van der Waals surface area contributed by atoms with Gasteiger partial charge in [-0.2, -0.15) is 0 Å². The SMILES string of the molecule is CCOc1ccc(NC(=O)c2cccc(C(=O)Nc3cccc(Cl)c3)c2)cc1. The average molecular weight is 395 g/mol. The van der Waals surface area contributed by atoms with E-state index in [1.165, 1.54) is 0 Å². The Morgan fingerprint density at radius 1 is 0.821 bits per heavy atom. The minimum Gasteiger partial charge on any atom is -0.494 e. The number of carbonyl (C=O) groups is 2. The van der Waals surface area contributed by atoms with Gasteiger partial charge in [-0.15, -0.1) is 0 Å². The molecule has 5 nitrogen and oxygen atoms in total. The van der Waals surface area contributed by atoms with Gasteiger partial charge < -0.3 is 15.4 Å². The van der Waals surface area contributed by atoms with Gasteiger partial charge in [0, 0.05) is 27.5 Å². The molecule has 0 saturated carbocycles. The van der Waals surface area contributed by atoms with Gasteiger partial charge in [0.2, 0.25) is 0 Å². The molecular formula is C22H19ClN2O3. The van der Waals surface area contributed by atoms with Crippen LogP contribution in [0.4, 0.5) is 11.4 Å². The van der Waals surface area contributed by atoms with Crippen molar-refractivity contribution in [2.75, 3.05) is 17.2 Å². The van der Waals surface area contributed by atoms with E-state index in [0.29, 0.717) is 34.1 Å². The van der Waals surface area contributed by atoms with Gasteiger partial charge >= 0.3 is 0 Å². The minimum absolute atomic E-state index is 0.304. The number of nitrogens with one attached hydrogen (secondary N) is 2. The van der Waals surface area contributed by atoms with E-state index in [-0.39, 0.29) is 11.8 Å². The molecule has 0 radical (unpaired) electrons. The highest BCUT2D eigenvalue weighted by Gasteiger charge is 2.11. The van der Waals surface area contributed by atoms with Crippen molar-refractivity contribution in [1.29, 1.82) is 0 Å². The van der Waals surface area contributed by atoms with Crippen molar-refractivity contribution in [3.63, 3.8) is 0 Å². The largest absolute Gasteiger partial charge is 0.494 e. The molecule has 0 aliphatic rings. The monoisotopic (exact) mass is 394 g/mol. The quantitative estimate of drug-likeness (QED) is 0.600. The second kappa shape index (κ2) is 9.06. The summed E-state index contributed by atoms with van der Waals surface area (Å²) in [6.07, 6.45) is 0. The maximum atomic E-state index is 12.5. The summed E-state index contributed by atoms with van der Waals surface area (Å²) in [5, 5.41) is 6.10. The van der Waals surface area contributed by atoms with Gasteiger partial charge in [0.05, 0.1) is 6.61 Å². The zero-order valence-corrected chi connectivity index (χ0v) is 16.0. The first kappa shape index (κ1) is 19.5. The lowest BCUT2D eigenvalue weighted by Crippen LogP contribution is -2.15. The smallest absolute Gasteiger partial charge is 0.255 e. The van der Waals surface area contributed by atoms with Gasteiger partial charge in [0.15, 0.2) is 0 Å². The number of carbonyl (C=O) groups excluding carboxylic acids is 2. The molecule has 3 rings (SSSR count). The summed E-state index contributed by atoms with van der Waals surface area (Å²) in [7, 11) is 0. The molecular weight excluding hydrogens is 376 g/mol. The minimum atomic E-state index is -0.321. The van der Waals surface area contributed by atoms with Crippen molar-refractivity contribution in [2.45, 2.75) is 6.92 Å². The third-order valence-electron chi connectivity index (χ3n) is 3.89. The van der Waals surface area contributed by atoms with Crippen LogP contribution in [0.2, 0.25) is 5.02 Å². The predicted octanol–water partition coefficient (Wildman–Crippen LogP) is 5.24. The van der Waals surface area contributed by atoms with Gasteiger partial charge in [0.25, 0.3) is 11.8 Å². The molecule has 3 aromatic rings. The standard InChI is InChI=1S/C22H19ClN2O3/c1-2-28-20-11-9-18(10-12-20)24-21(26)15-5-3-6-16(13-15)22(27)25-19-8-4-7-17(23)14-19/h3-14H,2H2,1H3,(H,24,26)(H,25,27). The Bertz CT molecular complexity index is 987. The Kier molecular flexibility index (Phi) is 6.29. The van der Waals surface area contributed by atoms with Crippen LogP contribution in [0.3, 0.4) is 0 Å². The molecule has 0 fully saturated rings. The Morgan fingerprint density at radius 2 is 1.43 bits per heavy atom. The van der Waals surface area contributed by atoms with E-state index < -0.39 is 0 Å². The number of rotatable bonds is 6. The first-order chi connectivity index (χ1) is 13.5. The molecule has 0 unspecified atom stereocenters. The lowest BCUT2D eigenvalue weighted by Gasteiger charge is -2.09. The van der Waals surface area contributed by atoms with Crippen LogP contribution < -0.4 is 15.4 Å². The van der Waals surface area contributed by atoms with Crippen LogP contribution in [-0.2, 0) is 0 Å². The van der Waals surface area contributed by atoms with Crippen LogP contribution in [0.5, 0.6) is 5.75 Å². The molecule has 0 aliphatic heterocycles. The molecule has 2 amide bonds. The van der Waals surface area contributed by atoms with Gasteiger partial charge in [-0.1, -0.05) is 23.7 Å². The molecule has 3 aromatic carbocycles. The van der Waals surface area contributed by atoms with E-state index in [9.17, 15) is 9.59 Å². The fourth-order valence-corrected chi connectivity index (χ4v) is 2.77. The van der Waals surface area contributed by atoms with Crippen molar-refractivity contribution in [2.24, 2.45) is 0 Å². The molecule has 28 heavy (non-hydrogen) atoms. The second-order valence-corrected chi connectivity index (χ2v) is 6.39. The van der Waals surface area contributed by atoms with Crippen molar-refractivity contribution in [3.05, 3.63) is 88.9 Å². The van der Waals surface area contributed by atoms with E-state index in [2.05, 4.69) is 10.6 Å². The number of hydrogen-bond acceptors (Lipinski definition) is 3. The summed E-state index contributed by atoms with van der Waals surface area (Å²) >= 11 is 5.93. The summed E-state index contributed by atoms with van der Waals surface area (Å²) < 4.78 is 5.38. The van der Waals surface area contributed by atoms with E-state index >= 15 is 0 Å². The number of halogens is 1. The topological polar surface area (TPSA) is 67.4 Å². The molecule has 0 aromatic heterocycles. The first-order valence-corrected chi connectivity index (χ1v) is 9.14. The van der Waals surface area contributed by atoms with Crippen LogP contribution in [0.1, 0.15) is 27.6 Å². The van der Waals surface area contributed by atoms with E-state index in [4.69, 9.17) is 16.3 Å². The zero-order valence-electron chi connectivity index (χ0n) is 15.2. The Hall–Kier alpha value is -3.31. The van der Waals surface area contributed by atoms with Crippen molar-refractivity contribution in [1.82, 2.24) is 0 Å². The van der Waals surface area contributed by atoms with E-state index in [1.807, 2.05) is 6.92 Å². The maximum absolute atomic E-state index is 12.5. The van der Waals surface area contributed by atoms with E-state index in [1.54, 1.807) is 72.8 Å². The predicted molar refractivity (Wildman–Crippen MR) is 111 cm³/mol. The maximum Gasteiger partial charge on any atom is 0.255 e. The van der Waals surface area contributed by atoms with Gasteiger partial charge in [-0.25, -0.2) is 0 Å². The Labute approximate surface area is 168 Å². The Morgan fingerprint density at radius 3 is 2.04 bits per heavy atom. The van der Waals surface area contributed by atoms with Gasteiger partial charge in [-0.05, 0) is 67.6 Å². The molecule has 0 spiro atoms. The highest BCUT2D eigenvalue weighted by atomic mass is 35.5. The average Bonchev–Trinajstić information content (AvgIpc) is 2.70. The normalized spacial score (nSPS) is 10.2. The fraction of sp³-hybridized carbons (Fsp3) is 0.0909. The summed E-state index contributed by atoms with van der Waals surface area (Å²) in [5.41, 5.74) is 1.98. The van der Waals surface area contributed by atoms with Gasteiger partial charge in [0.1, 0.15) is 5.75 Å². The number of anilines is 2. The summed E-state index contributed by atoms with van der Waals surface area (Å²) in [6.45, 7) is 2.49. The van der Waals surface area contributed by atoms with Crippen LogP contribution in [0, 0.1) is 0 Å². The lowest BCUT2D eigenvalue weighted by atomic mass is 10.1. The number of amides is 2. The molecule has 0 aliphatic carbocycles. The Balaban J connectivity index is 1.69. The second-order valence-electron chi connectivity index (χ2n) is 5.96. The summed E-state index contributed by atoms with van der Waals surface area (Å²) in [4.78, 5) is 25.0. The molecule has 6 heteroatoms. The first-order valence-electron chi connectivity index (χ1n) is 8.76. The third kappa shape index (κ3) is 5.11. The highest BCUT2D eigenvalue weighted by molar-refractivity contribution is 6.31. The third-order valence-corrected chi connectivity index (χ3v) is 4.13. The summed E-state index contributed by atoms with van der Waals surface area (Å²) in [5.74, 6) is 0.111. The molecule has 0 bridgehead atoms. The summed E-state index contributed by atoms with van der Waals surface area (Å²) in [6, 6.07) is 20.5. The van der Waals surface area contributed by atoms with Crippen molar-refractivity contribution >= 4 is 34.8 Å². The molecule has 2 N–H and O–H groups in total. The van der Waals surface area contributed by atoms with E-state index in [0.717, 1.165) is 5.75 Å². The van der Waals surface area contributed by atoms with Crippen LogP contribution in [0.15, 0.2) is 72.8 Å². The molecule has 142 valence electrons. The number of benzene rings is 3. The molecule has 0 atom stereocenters. The van der Waals surface area contributed by atoms with Crippen LogP contribution in [-0.4, -0.2) is 18.4 Å². The van der Waals surface area contributed by atoms with Crippen LogP contribution in [0.25, 0.3) is 0 Å². The highest BCUT2D eigenvalue weighted by Crippen LogP contribution is 2.18. The van der Waals surface area contributed by atoms with Crippen molar-refractivity contribution in [3.8, 4) is 5.75 Å².